The van der Waals surface area contributed by atoms with Gasteiger partial charge in [-0.15, -0.1) is 11.3 Å². The molecule has 2 heteroatoms. The molecule has 0 amide bonds. The standard InChI is InChI=1S/C15H19NS/c1-2-3-4-5-7-13-9-11-17-15(13)14-8-6-10-16-12-14/h6,8-12H,2-5,7H2,1H3. The highest BCUT2D eigenvalue weighted by Gasteiger charge is 2.06. The first-order valence-electron chi connectivity index (χ1n) is 6.38. The van der Waals surface area contributed by atoms with Crippen molar-refractivity contribution in [3.05, 3.63) is 41.5 Å². The Balaban J connectivity index is 2.02. The van der Waals surface area contributed by atoms with Crippen LogP contribution >= 0.6 is 11.3 Å². The van der Waals surface area contributed by atoms with Crippen molar-refractivity contribution in [2.45, 2.75) is 39.0 Å². The molecule has 0 aliphatic carbocycles. The number of pyridine rings is 1. The van der Waals surface area contributed by atoms with Crippen molar-refractivity contribution < 1.29 is 0 Å². The van der Waals surface area contributed by atoms with Crippen LogP contribution in [0.5, 0.6) is 0 Å². The van der Waals surface area contributed by atoms with Gasteiger partial charge in [0.1, 0.15) is 0 Å². The molecule has 0 saturated carbocycles. The van der Waals surface area contributed by atoms with E-state index in [1.165, 1.54) is 48.1 Å². The molecule has 2 heterocycles. The molecule has 90 valence electrons. The summed E-state index contributed by atoms with van der Waals surface area (Å²) in [5, 5.41) is 2.19. The van der Waals surface area contributed by atoms with Crippen LogP contribution < -0.4 is 0 Å². The van der Waals surface area contributed by atoms with Gasteiger partial charge >= 0.3 is 0 Å². The van der Waals surface area contributed by atoms with Gasteiger partial charge in [-0.25, -0.2) is 0 Å². The fraction of sp³-hybridized carbons (Fsp3) is 0.400. The second-order valence-electron chi connectivity index (χ2n) is 4.33. The van der Waals surface area contributed by atoms with E-state index in [2.05, 4.69) is 29.4 Å². The van der Waals surface area contributed by atoms with E-state index >= 15 is 0 Å². The van der Waals surface area contributed by atoms with Gasteiger partial charge in [0.15, 0.2) is 0 Å². The average molecular weight is 245 g/mol. The molecule has 2 aromatic rings. The third-order valence-electron chi connectivity index (χ3n) is 2.97. The molecular formula is C15H19NS. The van der Waals surface area contributed by atoms with Crippen LogP contribution in [-0.2, 0) is 6.42 Å². The zero-order chi connectivity index (χ0) is 11.9. The van der Waals surface area contributed by atoms with Crippen molar-refractivity contribution >= 4 is 11.3 Å². The smallest absolute Gasteiger partial charge is 0.0390 e. The van der Waals surface area contributed by atoms with Crippen LogP contribution in [0.1, 0.15) is 38.2 Å². The largest absolute Gasteiger partial charge is 0.264 e. The summed E-state index contributed by atoms with van der Waals surface area (Å²) in [5.74, 6) is 0. The molecular weight excluding hydrogens is 226 g/mol. The summed E-state index contributed by atoms with van der Waals surface area (Å²) < 4.78 is 0. The number of aryl methyl sites for hydroxylation is 1. The second-order valence-corrected chi connectivity index (χ2v) is 5.24. The molecule has 0 aromatic carbocycles. The van der Waals surface area contributed by atoms with E-state index in [0.29, 0.717) is 0 Å². The lowest BCUT2D eigenvalue weighted by molar-refractivity contribution is 0.668. The van der Waals surface area contributed by atoms with Crippen molar-refractivity contribution in [2.75, 3.05) is 0 Å². The number of rotatable bonds is 6. The van der Waals surface area contributed by atoms with Crippen LogP contribution in [0.25, 0.3) is 10.4 Å². The van der Waals surface area contributed by atoms with Gasteiger partial charge in [-0.3, -0.25) is 4.98 Å². The first kappa shape index (κ1) is 12.3. The van der Waals surface area contributed by atoms with Gasteiger partial charge in [0.05, 0.1) is 0 Å². The lowest BCUT2D eigenvalue weighted by atomic mass is 10.0. The van der Waals surface area contributed by atoms with Crippen molar-refractivity contribution in [1.29, 1.82) is 0 Å². The fourth-order valence-electron chi connectivity index (χ4n) is 2.03. The highest BCUT2D eigenvalue weighted by atomic mass is 32.1. The van der Waals surface area contributed by atoms with Crippen LogP contribution in [0.3, 0.4) is 0 Å². The molecule has 0 radical (unpaired) electrons. The number of hydrogen-bond acceptors (Lipinski definition) is 2. The van der Waals surface area contributed by atoms with Crippen molar-refractivity contribution in [1.82, 2.24) is 4.98 Å². The van der Waals surface area contributed by atoms with Gasteiger partial charge in [-0.2, -0.15) is 0 Å². The molecule has 2 aromatic heterocycles. The van der Waals surface area contributed by atoms with Crippen LogP contribution in [0.15, 0.2) is 36.0 Å². The Morgan fingerprint density at radius 2 is 2.12 bits per heavy atom. The monoisotopic (exact) mass is 245 g/mol. The first-order chi connectivity index (χ1) is 8.42. The minimum absolute atomic E-state index is 1.20. The van der Waals surface area contributed by atoms with Crippen molar-refractivity contribution in [3.63, 3.8) is 0 Å². The number of aromatic nitrogens is 1. The quantitative estimate of drug-likeness (QED) is 0.657. The van der Waals surface area contributed by atoms with Crippen LogP contribution in [-0.4, -0.2) is 4.98 Å². The van der Waals surface area contributed by atoms with E-state index in [4.69, 9.17) is 0 Å². The topological polar surface area (TPSA) is 12.9 Å². The van der Waals surface area contributed by atoms with Crippen molar-refractivity contribution in [2.24, 2.45) is 0 Å². The Kier molecular flexibility index (Phi) is 4.75. The summed E-state index contributed by atoms with van der Waals surface area (Å²) in [4.78, 5) is 5.60. The van der Waals surface area contributed by atoms with Crippen LogP contribution in [0, 0.1) is 0 Å². The molecule has 0 spiro atoms. The van der Waals surface area contributed by atoms with E-state index in [1.807, 2.05) is 29.8 Å². The molecule has 0 bridgehead atoms. The first-order valence-corrected chi connectivity index (χ1v) is 7.26. The van der Waals surface area contributed by atoms with E-state index in [1.54, 1.807) is 0 Å². The van der Waals surface area contributed by atoms with E-state index < -0.39 is 0 Å². The Bertz CT molecular complexity index is 433. The van der Waals surface area contributed by atoms with Gasteiger partial charge in [-0.05, 0) is 35.9 Å². The van der Waals surface area contributed by atoms with Gasteiger partial charge in [0, 0.05) is 22.8 Å². The highest BCUT2D eigenvalue weighted by molar-refractivity contribution is 7.13. The van der Waals surface area contributed by atoms with Crippen LogP contribution in [0.4, 0.5) is 0 Å². The van der Waals surface area contributed by atoms with Gasteiger partial charge in [-0.1, -0.05) is 32.3 Å². The number of thiophene rings is 1. The molecule has 1 nitrogen and oxygen atoms in total. The highest BCUT2D eigenvalue weighted by Crippen LogP contribution is 2.30. The zero-order valence-electron chi connectivity index (χ0n) is 10.4. The SMILES string of the molecule is CCCCCCc1ccsc1-c1cccnc1. The normalized spacial score (nSPS) is 10.6. The predicted octanol–water partition coefficient (Wildman–Crippen LogP) is 4.93. The molecule has 0 N–H and O–H groups in total. The Morgan fingerprint density at radius 3 is 2.88 bits per heavy atom. The molecule has 0 unspecified atom stereocenters. The molecule has 0 atom stereocenters. The number of hydrogen-bond donors (Lipinski definition) is 0. The summed E-state index contributed by atoms with van der Waals surface area (Å²) in [6.07, 6.45) is 10.3. The zero-order valence-corrected chi connectivity index (χ0v) is 11.2. The minimum atomic E-state index is 1.20. The number of nitrogens with zero attached hydrogens (tertiary/aromatic N) is 1. The minimum Gasteiger partial charge on any atom is -0.264 e. The second kappa shape index (κ2) is 6.55. The number of unbranched alkanes of at least 4 members (excludes halogenated alkanes) is 3. The fourth-order valence-corrected chi connectivity index (χ4v) is 2.97. The lowest BCUT2D eigenvalue weighted by Gasteiger charge is -2.03. The molecule has 17 heavy (non-hydrogen) atoms. The maximum Gasteiger partial charge on any atom is 0.0390 e. The maximum absolute atomic E-state index is 4.20. The summed E-state index contributed by atoms with van der Waals surface area (Å²) in [5.41, 5.74) is 2.74. The van der Waals surface area contributed by atoms with Crippen molar-refractivity contribution in [3.8, 4) is 10.4 Å². The summed E-state index contributed by atoms with van der Waals surface area (Å²) in [6, 6.07) is 6.42. The van der Waals surface area contributed by atoms with E-state index in [0.717, 1.165) is 0 Å². The van der Waals surface area contributed by atoms with E-state index in [-0.39, 0.29) is 0 Å². The van der Waals surface area contributed by atoms with Gasteiger partial charge < -0.3 is 0 Å². The summed E-state index contributed by atoms with van der Waals surface area (Å²) >= 11 is 1.83. The predicted molar refractivity (Wildman–Crippen MR) is 75.4 cm³/mol. The average Bonchev–Trinajstić information content (AvgIpc) is 2.84. The third kappa shape index (κ3) is 3.40. The van der Waals surface area contributed by atoms with Gasteiger partial charge in [0.2, 0.25) is 0 Å². The third-order valence-corrected chi connectivity index (χ3v) is 3.98. The Labute approximate surface area is 108 Å². The van der Waals surface area contributed by atoms with Crippen LogP contribution in [0.2, 0.25) is 0 Å². The summed E-state index contributed by atoms with van der Waals surface area (Å²) in [7, 11) is 0. The maximum atomic E-state index is 4.20. The molecule has 0 aliphatic rings. The molecule has 2 rings (SSSR count). The Hall–Kier alpha value is -1.15. The molecule has 0 aliphatic heterocycles. The molecule has 0 saturated heterocycles. The Morgan fingerprint density at radius 1 is 1.18 bits per heavy atom. The summed E-state index contributed by atoms with van der Waals surface area (Å²) in [6.45, 7) is 2.26. The molecule has 0 fully saturated rings. The van der Waals surface area contributed by atoms with E-state index in [9.17, 15) is 0 Å². The lowest BCUT2D eigenvalue weighted by Crippen LogP contribution is -1.86. The van der Waals surface area contributed by atoms with Gasteiger partial charge in [0.25, 0.3) is 0 Å².